The van der Waals surface area contributed by atoms with Gasteiger partial charge in [0, 0.05) is 25.1 Å². The van der Waals surface area contributed by atoms with Crippen LogP contribution in [-0.2, 0) is 24.1 Å². The summed E-state index contributed by atoms with van der Waals surface area (Å²) in [4.78, 5) is 32.1. The standard InChI is InChI=1S/C24H28N4O3.ClH/c1-16-22(15-17-6-3-2-4-7-17)28-24(31)21(27-16)8-5-13-26-23(30)20(25)14-18-9-11-19(29)12-10-18;/h2-4,6-7,9-12,20,29H,5,8,13-15,25H2,1H3,(H,26,30)(H,28,31);1H/t20-;/m0./s1. The van der Waals surface area contributed by atoms with Gasteiger partial charge in [0.05, 0.1) is 5.69 Å². The first-order valence-electron chi connectivity index (χ1n) is 10.4. The van der Waals surface area contributed by atoms with Gasteiger partial charge in [0.2, 0.25) is 0 Å². The number of nitrogens with one attached hydrogen (secondary N) is 2. The number of aromatic amines is 1. The number of nitrogens with zero attached hydrogens (tertiary/aromatic N) is 1. The molecule has 0 saturated heterocycles. The van der Waals surface area contributed by atoms with Crippen LogP contribution in [-0.4, -0.2) is 33.6 Å². The van der Waals surface area contributed by atoms with Crippen LogP contribution in [0.25, 0.3) is 0 Å². The molecule has 32 heavy (non-hydrogen) atoms. The molecule has 1 aromatic heterocycles. The summed E-state index contributed by atoms with van der Waals surface area (Å²) in [6.07, 6.45) is 2.24. The summed E-state index contributed by atoms with van der Waals surface area (Å²) in [5.41, 5.74) is 7.92. The largest absolute Gasteiger partial charge is 1.00 e. The zero-order valence-corrected chi connectivity index (χ0v) is 18.9. The highest BCUT2D eigenvalue weighted by molar-refractivity contribution is 5.80. The fourth-order valence-corrected chi connectivity index (χ4v) is 3.38. The quantitative estimate of drug-likeness (QED) is 0.286. The molecule has 2 aromatic carbocycles. The number of halogens is 1. The first-order chi connectivity index (χ1) is 14.9. The Morgan fingerprint density at radius 3 is 2.50 bits per heavy atom. The van der Waals surface area contributed by atoms with Crippen LogP contribution in [0.4, 0.5) is 0 Å². The Hall–Kier alpha value is -3.16. The summed E-state index contributed by atoms with van der Waals surface area (Å²) in [5.74, 6) is 0.0603. The molecule has 6 N–H and O–H groups in total. The molecule has 0 spiro atoms. The van der Waals surface area contributed by atoms with Crippen molar-refractivity contribution in [2.75, 3.05) is 6.54 Å². The van der Waals surface area contributed by atoms with E-state index >= 15 is 0 Å². The monoisotopic (exact) mass is 456 g/mol. The van der Waals surface area contributed by atoms with E-state index in [-0.39, 0.29) is 29.6 Å². The van der Waals surface area contributed by atoms with Crippen LogP contribution < -0.4 is 29.0 Å². The number of hydrogen-bond donors (Lipinski definition) is 4. The second-order valence-electron chi connectivity index (χ2n) is 7.70. The number of aryl methyl sites for hydroxylation is 2. The fourth-order valence-electron chi connectivity index (χ4n) is 3.38. The molecule has 0 aliphatic heterocycles. The Labute approximate surface area is 193 Å². The van der Waals surface area contributed by atoms with Crippen molar-refractivity contribution < 1.29 is 28.0 Å². The van der Waals surface area contributed by atoms with Crippen molar-refractivity contribution in [1.82, 2.24) is 15.3 Å². The number of hydrogen-bond acceptors (Lipinski definition) is 4. The summed E-state index contributed by atoms with van der Waals surface area (Å²) >= 11 is 0. The number of amides is 1. The predicted molar refractivity (Wildman–Crippen MR) is 119 cm³/mol. The lowest BCUT2D eigenvalue weighted by Crippen LogP contribution is -3.00. The number of carbonyl (C=O) groups is 1. The van der Waals surface area contributed by atoms with Gasteiger partial charge in [0.1, 0.15) is 11.4 Å². The molecule has 0 bridgehead atoms. The molecule has 3 aromatic rings. The maximum Gasteiger partial charge on any atom is 0.278 e. The molecule has 0 aliphatic rings. The summed E-state index contributed by atoms with van der Waals surface area (Å²) in [7, 11) is 0. The zero-order valence-electron chi connectivity index (χ0n) is 18.1. The molecule has 1 atom stereocenters. The Bertz CT molecular complexity index is 1070. The van der Waals surface area contributed by atoms with Gasteiger partial charge in [-0.3, -0.25) is 14.6 Å². The maximum atomic E-state index is 12.4. The number of phenolic OH excluding ortho intramolecular Hbond substituents is 1. The molecule has 0 radical (unpaired) electrons. The first-order valence-corrected chi connectivity index (χ1v) is 10.4. The lowest BCUT2D eigenvalue weighted by molar-refractivity contribution is -0.403. The number of rotatable bonds is 9. The summed E-state index contributed by atoms with van der Waals surface area (Å²) < 4.78 is 0. The van der Waals surface area contributed by atoms with Gasteiger partial charge >= 0.3 is 0 Å². The summed E-state index contributed by atoms with van der Waals surface area (Å²) in [6.45, 7) is 2.35. The Kier molecular flexibility index (Phi) is 9.43. The first kappa shape index (κ1) is 25.1. The van der Waals surface area contributed by atoms with Gasteiger partial charge in [0.25, 0.3) is 11.5 Å². The third kappa shape index (κ3) is 7.21. The van der Waals surface area contributed by atoms with Gasteiger partial charge in [-0.2, -0.15) is 0 Å². The van der Waals surface area contributed by atoms with E-state index < -0.39 is 6.04 Å². The van der Waals surface area contributed by atoms with Gasteiger partial charge in [-0.05, 0) is 43.0 Å². The number of quaternary nitrogens is 1. The minimum atomic E-state index is -0.425. The minimum absolute atomic E-state index is 0. The molecule has 8 heteroatoms. The molecular formula is C24H29ClN4O3. The third-order valence-electron chi connectivity index (χ3n) is 5.17. The van der Waals surface area contributed by atoms with Crippen molar-refractivity contribution in [1.29, 1.82) is 0 Å². The van der Waals surface area contributed by atoms with E-state index in [1.54, 1.807) is 24.3 Å². The topological polar surface area (TPSA) is 123 Å². The van der Waals surface area contributed by atoms with Crippen molar-refractivity contribution in [3.8, 4) is 5.75 Å². The van der Waals surface area contributed by atoms with Gasteiger partial charge in [-0.15, -0.1) is 0 Å². The van der Waals surface area contributed by atoms with Crippen LogP contribution in [0.15, 0.2) is 59.4 Å². The molecule has 0 unspecified atom stereocenters. The summed E-state index contributed by atoms with van der Waals surface area (Å²) in [5, 5.41) is 12.2. The Morgan fingerprint density at radius 1 is 1.12 bits per heavy atom. The average molecular weight is 457 g/mol. The average Bonchev–Trinajstić information content (AvgIpc) is 2.76. The van der Waals surface area contributed by atoms with Gasteiger partial charge < -0.3 is 33.5 Å². The van der Waals surface area contributed by atoms with Crippen LogP contribution in [0.5, 0.6) is 5.75 Å². The second kappa shape index (κ2) is 12.0. The van der Waals surface area contributed by atoms with Crippen molar-refractivity contribution in [2.45, 2.75) is 38.6 Å². The van der Waals surface area contributed by atoms with E-state index in [4.69, 9.17) is 0 Å². The smallest absolute Gasteiger partial charge is 0.278 e. The van der Waals surface area contributed by atoms with Gasteiger partial charge in [-0.25, -0.2) is 0 Å². The van der Waals surface area contributed by atoms with E-state index in [2.05, 4.69) is 21.0 Å². The van der Waals surface area contributed by atoms with Crippen molar-refractivity contribution in [3.05, 3.63) is 93.2 Å². The van der Waals surface area contributed by atoms with Crippen LogP contribution >= 0.6 is 0 Å². The number of aromatic nitrogens is 2. The highest BCUT2D eigenvalue weighted by Crippen LogP contribution is 2.11. The Balaban J connectivity index is 0.00000363. The maximum absolute atomic E-state index is 12.4. The molecule has 1 heterocycles. The second-order valence-corrected chi connectivity index (χ2v) is 7.70. The fraction of sp³-hybridized carbons (Fsp3) is 0.292. The van der Waals surface area contributed by atoms with Crippen molar-refractivity contribution in [3.63, 3.8) is 0 Å². The lowest BCUT2D eigenvalue weighted by atomic mass is 10.1. The van der Waals surface area contributed by atoms with Crippen LogP contribution in [0.3, 0.4) is 0 Å². The van der Waals surface area contributed by atoms with Crippen LogP contribution in [0.1, 0.15) is 34.6 Å². The molecule has 3 rings (SSSR count). The number of carbonyl (C=O) groups excluding carboxylic acids is 1. The van der Waals surface area contributed by atoms with E-state index in [1.807, 2.05) is 37.3 Å². The van der Waals surface area contributed by atoms with E-state index in [9.17, 15) is 14.7 Å². The van der Waals surface area contributed by atoms with Crippen LogP contribution in [0.2, 0.25) is 0 Å². The minimum Gasteiger partial charge on any atom is -1.00 e. The van der Waals surface area contributed by atoms with Gasteiger partial charge in [0.15, 0.2) is 6.04 Å². The number of phenols is 1. The third-order valence-corrected chi connectivity index (χ3v) is 5.17. The highest BCUT2D eigenvalue weighted by Gasteiger charge is 2.17. The predicted octanol–water partition coefficient (Wildman–Crippen LogP) is -1.72. The highest BCUT2D eigenvalue weighted by atomic mass is 35.5. The summed E-state index contributed by atoms with van der Waals surface area (Å²) in [6, 6.07) is 16.3. The normalized spacial score (nSPS) is 11.4. The number of benzene rings is 2. The zero-order chi connectivity index (χ0) is 22.2. The molecule has 170 valence electrons. The van der Waals surface area contributed by atoms with E-state index in [0.717, 1.165) is 22.5 Å². The van der Waals surface area contributed by atoms with E-state index in [1.165, 1.54) is 0 Å². The lowest BCUT2D eigenvalue weighted by Gasteiger charge is -2.10. The molecule has 7 nitrogen and oxygen atoms in total. The van der Waals surface area contributed by atoms with E-state index in [0.29, 0.717) is 37.9 Å². The number of aromatic hydroxyl groups is 1. The Morgan fingerprint density at radius 2 is 1.81 bits per heavy atom. The molecule has 0 fully saturated rings. The van der Waals surface area contributed by atoms with Crippen LogP contribution in [0, 0.1) is 6.92 Å². The molecular weight excluding hydrogens is 428 g/mol. The van der Waals surface area contributed by atoms with Gasteiger partial charge in [-0.1, -0.05) is 42.5 Å². The number of H-pyrrole nitrogens is 1. The van der Waals surface area contributed by atoms with Crippen molar-refractivity contribution >= 4 is 5.91 Å². The molecule has 0 aliphatic carbocycles. The molecule has 0 saturated carbocycles. The van der Waals surface area contributed by atoms with Crippen molar-refractivity contribution in [2.24, 2.45) is 0 Å². The molecule has 1 amide bonds. The SMILES string of the molecule is Cc1nc(CCCNC(=O)[C@@H]([NH3+])Cc2ccc(O)cc2)c(=O)[nH]c1Cc1ccccc1.[Cl-].